The maximum atomic E-state index is 5.98. The van der Waals surface area contributed by atoms with Crippen molar-refractivity contribution in [2.45, 2.75) is 19.8 Å². The summed E-state index contributed by atoms with van der Waals surface area (Å²) in [5.41, 5.74) is 7.78. The fourth-order valence-corrected chi connectivity index (χ4v) is 2.35. The van der Waals surface area contributed by atoms with Crippen LogP contribution in [0.25, 0.3) is 0 Å². The van der Waals surface area contributed by atoms with Gasteiger partial charge in [0.05, 0.1) is 5.69 Å². The van der Waals surface area contributed by atoms with Gasteiger partial charge in [-0.3, -0.25) is 0 Å². The quantitative estimate of drug-likeness (QED) is 0.868. The molecule has 0 atom stereocenters. The van der Waals surface area contributed by atoms with E-state index >= 15 is 0 Å². The second kappa shape index (κ2) is 5.36. The molecule has 4 heteroatoms. The van der Waals surface area contributed by atoms with E-state index in [1.807, 2.05) is 19.1 Å². The topological polar surface area (TPSA) is 51.4 Å². The lowest BCUT2D eigenvalue weighted by molar-refractivity contribution is 0.139. The number of pyridine rings is 1. The van der Waals surface area contributed by atoms with Gasteiger partial charge in [-0.1, -0.05) is 0 Å². The van der Waals surface area contributed by atoms with Crippen molar-refractivity contribution in [3.8, 4) is 0 Å². The number of nitrogens with zero attached hydrogens (tertiary/aromatic N) is 2. The number of aromatic nitrogens is 1. The van der Waals surface area contributed by atoms with E-state index in [1.165, 1.54) is 0 Å². The van der Waals surface area contributed by atoms with E-state index in [2.05, 4.69) is 9.88 Å². The highest BCUT2D eigenvalue weighted by Crippen LogP contribution is 2.26. The summed E-state index contributed by atoms with van der Waals surface area (Å²) in [6, 6.07) is 3.90. The van der Waals surface area contributed by atoms with Gasteiger partial charge in [0.25, 0.3) is 0 Å². The molecule has 1 fully saturated rings. The molecule has 0 radical (unpaired) electrons. The average Bonchev–Trinajstić information content (AvgIpc) is 2.34. The first-order chi connectivity index (χ1) is 8.20. The van der Waals surface area contributed by atoms with Gasteiger partial charge in [-0.2, -0.15) is 0 Å². The molecule has 1 aromatic heterocycles. The fraction of sp³-hybridized carbons (Fsp3) is 0.615. The van der Waals surface area contributed by atoms with Crippen molar-refractivity contribution in [3.63, 3.8) is 0 Å². The van der Waals surface area contributed by atoms with E-state index in [-0.39, 0.29) is 0 Å². The van der Waals surface area contributed by atoms with E-state index < -0.39 is 0 Å². The zero-order chi connectivity index (χ0) is 12.3. The average molecular weight is 235 g/mol. The van der Waals surface area contributed by atoms with Crippen LogP contribution in [0.5, 0.6) is 0 Å². The number of rotatable bonds is 3. The predicted molar refractivity (Wildman–Crippen MR) is 70.2 cm³/mol. The predicted octanol–water partition coefficient (Wildman–Crippen LogP) is 1.84. The molecule has 4 nitrogen and oxygen atoms in total. The van der Waals surface area contributed by atoms with Gasteiger partial charge in [0.2, 0.25) is 0 Å². The summed E-state index contributed by atoms with van der Waals surface area (Å²) in [6.45, 7) is 4.91. The van der Waals surface area contributed by atoms with Gasteiger partial charge in [0, 0.05) is 32.5 Å². The first kappa shape index (κ1) is 12.2. The van der Waals surface area contributed by atoms with E-state index in [4.69, 9.17) is 10.5 Å². The molecule has 1 aliphatic rings. The highest BCUT2D eigenvalue weighted by Gasteiger charge is 2.21. The molecular formula is C13H21N3O. The SMILES string of the molecule is COCC1CCN(c2nc(C)ccc2N)CC1. The molecule has 0 bridgehead atoms. The lowest BCUT2D eigenvalue weighted by atomic mass is 9.98. The maximum Gasteiger partial charge on any atom is 0.152 e. The Kier molecular flexibility index (Phi) is 3.84. The van der Waals surface area contributed by atoms with Gasteiger partial charge in [0.1, 0.15) is 0 Å². The minimum absolute atomic E-state index is 0.683. The standard InChI is InChI=1S/C13H21N3O/c1-10-3-4-12(14)13(15-10)16-7-5-11(6-8-16)9-17-2/h3-4,11H,5-9,14H2,1-2H3. The van der Waals surface area contributed by atoms with Gasteiger partial charge in [0.15, 0.2) is 5.82 Å². The number of hydrogen-bond donors (Lipinski definition) is 1. The number of anilines is 2. The first-order valence-corrected chi connectivity index (χ1v) is 6.17. The molecule has 0 aromatic carbocycles. The molecule has 0 amide bonds. The van der Waals surface area contributed by atoms with Gasteiger partial charge in [-0.15, -0.1) is 0 Å². The largest absolute Gasteiger partial charge is 0.396 e. The Morgan fingerprint density at radius 2 is 2.12 bits per heavy atom. The number of ether oxygens (including phenoxy) is 1. The van der Waals surface area contributed by atoms with Crippen molar-refractivity contribution >= 4 is 11.5 Å². The third kappa shape index (κ3) is 2.88. The van der Waals surface area contributed by atoms with Crippen LogP contribution in [0, 0.1) is 12.8 Å². The van der Waals surface area contributed by atoms with E-state index in [1.54, 1.807) is 7.11 Å². The molecule has 1 aliphatic heterocycles. The van der Waals surface area contributed by atoms with Crippen molar-refractivity contribution in [2.75, 3.05) is 37.4 Å². The molecule has 1 aromatic rings. The molecule has 0 saturated carbocycles. The lowest BCUT2D eigenvalue weighted by Crippen LogP contribution is -2.36. The number of aryl methyl sites for hydroxylation is 1. The molecule has 2 heterocycles. The van der Waals surface area contributed by atoms with Gasteiger partial charge >= 0.3 is 0 Å². The van der Waals surface area contributed by atoms with Crippen LogP contribution in [-0.4, -0.2) is 31.8 Å². The third-order valence-electron chi connectivity index (χ3n) is 3.36. The van der Waals surface area contributed by atoms with Crippen molar-refractivity contribution in [3.05, 3.63) is 17.8 Å². The summed E-state index contributed by atoms with van der Waals surface area (Å²) in [5, 5.41) is 0. The molecular weight excluding hydrogens is 214 g/mol. The van der Waals surface area contributed by atoms with Gasteiger partial charge in [-0.05, 0) is 37.8 Å². The third-order valence-corrected chi connectivity index (χ3v) is 3.36. The second-order valence-electron chi connectivity index (χ2n) is 4.75. The van der Waals surface area contributed by atoms with Gasteiger partial charge in [-0.25, -0.2) is 4.98 Å². The minimum atomic E-state index is 0.683. The van der Waals surface area contributed by atoms with Crippen LogP contribution in [0.1, 0.15) is 18.5 Å². The van der Waals surface area contributed by atoms with Crippen LogP contribution in [0.2, 0.25) is 0 Å². The molecule has 94 valence electrons. The Balaban J connectivity index is 2.02. The number of methoxy groups -OCH3 is 1. The first-order valence-electron chi connectivity index (χ1n) is 6.17. The van der Waals surface area contributed by atoms with Crippen LogP contribution >= 0.6 is 0 Å². The van der Waals surface area contributed by atoms with E-state index in [9.17, 15) is 0 Å². The molecule has 17 heavy (non-hydrogen) atoms. The Hall–Kier alpha value is -1.29. The normalized spacial score (nSPS) is 17.4. The van der Waals surface area contributed by atoms with Crippen LogP contribution < -0.4 is 10.6 Å². The molecule has 0 spiro atoms. The lowest BCUT2D eigenvalue weighted by Gasteiger charge is -2.33. The van der Waals surface area contributed by atoms with Crippen molar-refractivity contribution in [1.29, 1.82) is 0 Å². The Morgan fingerprint density at radius 3 is 2.76 bits per heavy atom. The molecule has 2 N–H and O–H groups in total. The maximum absolute atomic E-state index is 5.98. The van der Waals surface area contributed by atoms with E-state index in [0.717, 1.165) is 49.7 Å². The molecule has 1 saturated heterocycles. The summed E-state index contributed by atoms with van der Waals surface area (Å²) >= 11 is 0. The Bertz CT molecular complexity index is 373. The van der Waals surface area contributed by atoms with Crippen LogP contribution in [-0.2, 0) is 4.74 Å². The highest BCUT2D eigenvalue weighted by molar-refractivity contribution is 5.63. The van der Waals surface area contributed by atoms with Crippen LogP contribution in [0.15, 0.2) is 12.1 Å². The Labute approximate surface area is 103 Å². The summed E-state index contributed by atoms with van der Waals surface area (Å²) in [4.78, 5) is 6.82. The minimum Gasteiger partial charge on any atom is -0.396 e. The summed E-state index contributed by atoms with van der Waals surface area (Å²) in [7, 11) is 1.77. The van der Waals surface area contributed by atoms with E-state index in [0.29, 0.717) is 5.92 Å². The van der Waals surface area contributed by atoms with Crippen molar-refractivity contribution in [1.82, 2.24) is 4.98 Å². The summed E-state index contributed by atoms with van der Waals surface area (Å²) < 4.78 is 5.21. The van der Waals surface area contributed by atoms with Crippen molar-refractivity contribution in [2.24, 2.45) is 5.92 Å². The zero-order valence-electron chi connectivity index (χ0n) is 10.6. The Morgan fingerprint density at radius 1 is 1.41 bits per heavy atom. The number of piperidine rings is 1. The summed E-state index contributed by atoms with van der Waals surface area (Å²) in [5.74, 6) is 1.63. The van der Waals surface area contributed by atoms with Crippen LogP contribution in [0.3, 0.4) is 0 Å². The smallest absolute Gasteiger partial charge is 0.152 e. The van der Waals surface area contributed by atoms with Crippen LogP contribution in [0.4, 0.5) is 11.5 Å². The fourth-order valence-electron chi connectivity index (χ4n) is 2.35. The monoisotopic (exact) mass is 235 g/mol. The highest BCUT2D eigenvalue weighted by atomic mass is 16.5. The summed E-state index contributed by atoms with van der Waals surface area (Å²) in [6.07, 6.45) is 2.31. The number of nitrogens with two attached hydrogens (primary N) is 1. The molecule has 0 unspecified atom stereocenters. The number of nitrogen functional groups attached to an aromatic ring is 1. The second-order valence-corrected chi connectivity index (χ2v) is 4.75. The molecule has 0 aliphatic carbocycles. The van der Waals surface area contributed by atoms with Gasteiger partial charge < -0.3 is 15.4 Å². The number of hydrogen-bond acceptors (Lipinski definition) is 4. The zero-order valence-corrected chi connectivity index (χ0v) is 10.6. The molecule has 2 rings (SSSR count). The van der Waals surface area contributed by atoms with Crippen molar-refractivity contribution < 1.29 is 4.74 Å².